The summed E-state index contributed by atoms with van der Waals surface area (Å²) in [5.41, 5.74) is 1.79. The first-order chi connectivity index (χ1) is 7.66. The van der Waals surface area contributed by atoms with Gasteiger partial charge in [0, 0.05) is 25.2 Å². The van der Waals surface area contributed by atoms with Crippen molar-refractivity contribution < 1.29 is 4.42 Å². The largest absolute Gasteiger partial charge is 0.472 e. The Morgan fingerprint density at radius 2 is 2.19 bits per heavy atom. The molecule has 0 aliphatic carbocycles. The molecule has 2 rings (SSSR count). The Morgan fingerprint density at radius 3 is 2.88 bits per heavy atom. The van der Waals surface area contributed by atoms with Crippen molar-refractivity contribution in [1.82, 2.24) is 10.2 Å². The molecule has 0 radical (unpaired) electrons. The molecule has 0 amide bonds. The highest BCUT2D eigenvalue weighted by Crippen LogP contribution is 2.25. The smallest absolute Gasteiger partial charge is 0.175 e. The van der Waals surface area contributed by atoms with Gasteiger partial charge in [-0.05, 0) is 6.07 Å². The molecule has 0 aliphatic heterocycles. The van der Waals surface area contributed by atoms with Gasteiger partial charge in [-0.15, -0.1) is 10.2 Å². The van der Waals surface area contributed by atoms with Gasteiger partial charge in [0.05, 0.1) is 18.2 Å². The lowest BCUT2D eigenvalue weighted by atomic mass is 10.3. The number of hydrogen-bond donors (Lipinski definition) is 0. The highest BCUT2D eigenvalue weighted by molar-refractivity contribution is 6.33. The third-order valence-electron chi connectivity index (χ3n) is 2.11. The zero-order valence-electron chi connectivity index (χ0n) is 8.52. The average Bonchev–Trinajstić information content (AvgIpc) is 2.74. The Morgan fingerprint density at radius 1 is 1.38 bits per heavy atom. The second-order valence-corrected chi connectivity index (χ2v) is 4.08. The van der Waals surface area contributed by atoms with Crippen LogP contribution in [0.15, 0.2) is 29.1 Å². The fourth-order valence-corrected chi connectivity index (χ4v) is 1.73. The minimum absolute atomic E-state index is 0.318. The monoisotopic (exact) mass is 257 g/mol. The fourth-order valence-electron chi connectivity index (χ4n) is 1.35. The molecule has 0 spiro atoms. The van der Waals surface area contributed by atoms with Crippen molar-refractivity contribution in [3.63, 3.8) is 0 Å². The highest BCUT2D eigenvalue weighted by Gasteiger charge is 2.10. The van der Waals surface area contributed by atoms with Gasteiger partial charge in [0.25, 0.3) is 0 Å². The summed E-state index contributed by atoms with van der Waals surface area (Å²) in [4.78, 5) is 1.92. The molecule has 0 atom stereocenters. The second kappa shape index (κ2) is 4.72. The Kier molecular flexibility index (Phi) is 3.31. The summed E-state index contributed by atoms with van der Waals surface area (Å²) in [6.07, 6.45) is 3.31. The molecule has 0 saturated carbocycles. The van der Waals surface area contributed by atoms with Crippen LogP contribution in [0.5, 0.6) is 0 Å². The first-order valence-corrected chi connectivity index (χ1v) is 5.33. The maximum Gasteiger partial charge on any atom is 0.175 e. The molecule has 0 aliphatic rings. The van der Waals surface area contributed by atoms with E-state index in [9.17, 15) is 0 Å². The van der Waals surface area contributed by atoms with Gasteiger partial charge in [0.1, 0.15) is 0 Å². The lowest BCUT2D eigenvalue weighted by Gasteiger charge is -2.18. The van der Waals surface area contributed by atoms with E-state index in [0.29, 0.717) is 16.9 Å². The van der Waals surface area contributed by atoms with Gasteiger partial charge in [0.2, 0.25) is 0 Å². The first-order valence-electron chi connectivity index (χ1n) is 4.58. The van der Waals surface area contributed by atoms with Crippen molar-refractivity contribution in [3.8, 4) is 0 Å². The van der Waals surface area contributed by atoms with E-state index in [-0.39, 0.29) is 0 Å². The zero-order valence-corrected chi connectivity index (χ0v) is 10.0. The number of anilines is 1. The Balaban J connectivity index is 2.20. The van der Waals surface area contributed by atoms with Gasteiger partial charge in [-0.25, -0.2) is 0 Å². The summed E-state index contributed by atoms with van der Waals surface area (Å²) in [6, 6.07) is 3.57. The summed E-state index contributed by atoms with van der Waals surface area (Å²) < 4.78 is 4.99. The third-order valence-corrected chi connectivity index (χ3v) is 2.57. The zero-order chi connectivity index (χ0) is 11.5. The number of nitrogens with zero attached hydrogens (tertiary/aromatic N) is 3. The number of hydrogen-bond acceptors (Lipinski definition) is 4. The second-order valence-electron chi connectivity index (χ2n) is 3.33. The van der Waals surface area contributed by atoms with E-state index in [1.54, 1.807) is 18.6 Å². The van der Waals surface area contributed by atoms with E-state index in [1.807, 2.05) is 18.0 Å². The van der Waals surface area contributed by atoms with Gasteiger partial charge in [-0.2, -0.15) is 0 Å². The molecule has 0 N–H and O–H groups in total. The number of aromatic nitrogens is 2. The van der Waals surface area contributed by atoms with Crippen LogP contribution < -0.4 is 4.90 Å². The molecule has 0 aromatic carbocycles. The first kappa shape index (κ1) is 11.2. The van der Waals surface area contributed by atoms with E-state index in [2.05, 4.69) is 10.2 Å². The summed E-state index contributed by atoms with van der Waals surface area (Å²) in [5, 5.41) is 8.05. The van der Waals surface area contributed by atoms with Crippen molar-refractivity contribution in [3.05, 3.63) is 40.5 Å². The Bertz CT molecular complexity index is 473. The molecule has 0 saturated heterocycles. The van der Waals surface area contributed by atoms with Crippen LogP contribution in [0.2, 0.25) is 10.3 Å². The molecule has 2 aromatic heterocycles. The average molecular weight is 258 g/mol. The third kappa shape index (κ3) is 2.46. The number of furan rings is 1. The molecule has 2 heterocycles. The van der Waals surface area contributed by atoms with Gasteiger partial charge < -0.3 is 9.32 Å². The highest BCUT2D eigenvalue weighted by atomic mass is 35.5. The maximum absolute atomic E-state index is 5.93. The molecular weight excluding hydrogens is 249 g/mol. The maximum atomic E-state index is 5.93. The fraction of sp³-hybridized carbons (Fsp3) is 0.200. The van der Waals surface area contributed by atoms with Gasteiger partial charge in [-0.1, -0.05) is 23.2 Å². The molecule has 0 bridgehead atoms. The Labute approximate surface area is 103 Å². The lowest BCUT2D eigenvalue weighted by molar-refractivity contribution is 0.563. The topological polar surface area (TPSA) is 42.2 Å². The van der Waals surface area contributed by atoms with Crippen LogP contribution in [0.1, 0.15) is 5.56 Å². The van der Waals surface area contributed by atoms with Crippen molar-refractivity contribution in [1.29, 1.82) is 0 Å². The van der Waals surface area contributed by atoms with Crippen LogP contribution in [0.4, 0.5) is 5.69 Å². The minimum atomic E-state index is 0.318. The van der Waals surface area contributed by atoms with E-state index < -0.39 is 0 Å². The molecular formula is C10H9Cl2N3O. The molecule has 84 valence electrons. The van der Waals surface area contributed by atoms with E-state index >= 15 is 0 Å². The normalized spacial score (nSPS) is 10.4. The number of halogens is 2. The lowest BCUT2D eigenvalue weighted by Crippen LogP contribution is -2.17. The van der Waals surface area contributed by atoms with Crippen LogP contribution in [0.3, 0.4) is 0 Å². The quantitative estimate of drug-likeness (QED) is 0.848. The van der Waals surface area contributed by atoms with Crippen LogP contribution >= 0.6 is 23.2 Å². The Hall–Kier alpha value is -1.26. The van der Waals surface area contributed by atoms with Gasteiger partial charge in [-0.3, -0.25) is 0 Å². The molecule has 4 nitrogen and oxygen atoms in total. The standard InChI is InChI=1S/C10H9Cl2N3O/c1-15(5-7-2-3-16-6-7)8-4-9(11)13-14-10(8)12/h2-4,6H,5H2,1H3. The molecule has 0 fully saturated rings. The summed E-state index contributed by atoms with van der Waals surface area (Å²) in [7, 11) is 1.90. The van der Waals surface area contributed by atoms with Crippen LogP contribution in [-0.4, -0.2) is 17.2 Å². The summed E-state index contributed by atoms with van der Waals surface area (Å²) in [5.74, 6) is 0. The van der Waals surface area contributed by atoms with Crippen LogP contribution in [0.25, 0.3) is 0 Å². The number of rotatable bonds is 3. The summed E-state index contributed by atoms with van der Waals surface area (Å²) in [6.45, 7) is 0.665. The molecule has 2 aromatic rings. The van der Waals surface area contributed by atoms with E-state index in [0.717, 1.165) is 11.3 Å². The molecule has 6 heteroatoms. The van der Waals surface area contributed by atoms with Crippen molar-refractivity contribution in [2.45, 2.75) is 6.54 Å². The van der Waals surface area contributed by atoms with Crippen molar-refractivity contribution in [2.24, 2.45) is 0 Å². The molecule has 0 unspecified atom stereocenters. The van der Waals surface area contributed by atoms with Gasteiger partial charge in [0.15, 0.2) is 10.3 Å². The molecule has 16 heavy (non-hydrogen) atoms. The van der Waals surface area contributed by atoms with Crippen molar-refractivity contribution in [2.75, 3.05) is 11.9 Å². The van der Waals surface area contributed by atoms with E-state index in [1.165, 1.54) is 0 Å². The minimum Gasteiger partial charge on any atom is -0.472 e. The SMILES string of the molecule is CN(Cc1ccoc1)c1cc(Cl)nnc1Cl. The predicted octanol–water partition coefficient (Wildman–Crippen LogP) is 3.01. The van der Waals surface area contributed by atoms with Gasteiger partial charge >= 0.3 is 0 Å². The van der Waals surface area contributed by atoms with Crippen LogP contribution in [-0.2, 0) is 6.54 Å². The van der Waals surface area contributed by atoms with Crippen LogP contribution in [0, 0.1) is 0 Å². The van der Waals surface area contributed by atoms with Crippen molar-refractivity contribution >= 4 is 28.9 Å². The summed E-state index contributed by atoms with van der Waals surface area (Å²) >= 11 is 11.7. The predicted molar refractivity (Wildman–Crippen MR) is 62.9 cm³/mol. The van der Waals surface area contributed by atoms with E-state index in [4.69, 9.17) is 27.6 Å².